The first kappa shape index (κ1) is 13.8. The van der Waals surface area contributed by atoms with Crippen LogP contribution in [0, 0.1) is 0 Å². The Bertz CT molecular complexity index is 164. The summed E-state index contributed by atoms with van der Waals surface area (Å²) in [6, 6.07) is 0.278. The Morgan fingerprint density at radius 2 is 2.14 bits per heavy atom. The molecule has 0 heterocycles. The van der Waals surface area contributed by atoms with E-state index in [4.69, 9.17) is 5.73 Å². The average molecular weight is 218 g/mol. The van der Waals surface area contributed by atoms with E-state index in [-0.39, 0.29) is 17.2 Å². The Morgan fingerprint density at radius 3 is 2.64 bits per heavy atom. The number of rotatable bonds is 7. The molecule has 4 heteroatoms. The second-order valence-electron chi connectivity index (χ2n) is 3.47. The van der Waals surface area contributed by atoms with E-state index in [0.717, 1.165) is 18.6 Å². The zero-order valence-electron chi connectivity index (χ0n) is 9.38. The molecule has 3 nitrogen and oxygen atoms in total. The van der Waals surface area contributed by atoms with Crippen molar-refractivity contribution >= 4 is 17.7 Å². The zero-order valence-corrected chi connectivity index (χ0v) is 10.2. The Morgan fingerprint density at radius 1 is 1.50 bits per heavy atom. The highest BCUT2D eigenvalue weighted by Crippen LogP contribution is 2.11. The van der Waals surface area contributed by atoms with Gasteiger partial charge in [0.05, 0.1) is 5.25 Å². The largest absolute Gasteiger partial charge is 0.353 e. The van der Waals surface area contributed by atoms with E-state index >= 15 is 0 Å². The van der Waals surface area contributed by atoms with Crippen LogP contribution in [0.1, 0.15) is 33.6 Å². The van der Waals surface area contributed by atoms with Gasteiger partial charge in [0, 0.05) is 6.04 Å². The van der Waals surface area contributed by atoms with Gasteiger partial charge in [-0.2, -0.15) is 0 Å². The molecular formula is C10H22N2OS. The van der Waals surface area contributed by atoms with Crippen molar-refractivity contribution in [3.05, 3.63) is 0 Å². The lowest BCUT2D eigenvalue weighted by molar-refractivity contribution is -0.120. The highest BCUT2D eigenvalue weighted by Gasteiger charge is 2.13. The van der Waals surface area contributed by atoms with Gasteiger partial charge < -0.3 is 11.1 Å². The molecule has 0 aromatic heterocycles. The van der Waals surface area contributed by atoms with Crippen molar-refractivity contribution in [3.63, 3.8) is 0 Å². The number of carbonyl (C=O) groups excluding carboxylic acids is 1. The summed E-state index contributed by atoms with van der Waals surface area (Å²) in [6.07, 6.45) is 1.96. The third kappa shape index (κ3) is 6.27. The smallest absolute Gasteiger partial charge is 0.233 e. The summed E-state index contributed by atoms with van der Waals surface area (Å²) >= 11 is 1.67. The van der Waals surface area contributed by atoms with Crippen molar-refractivity contribution in [2.45, 2.75) is 44.9 Å². The van der Waals surface area contributed by atoms with Crippen molar-refractivity contribution in [2.24, 2.45) is 5.73 Å². The van der Waals surface area contributed by atoms with Crippen LogP contribution in [0.2, 0.25) is 0 Å². The van der Waals surface area contributed by atoms with Crippen molar-refractivity contribution in [2.75, 3.05) is 12.3 Å². The molecule has 0 bridgehead atoms. The zero-order chi connectivity index (χ0) is 11.0. The molecule has 0 rings (SSSR count). The minimum absolute atomic E-state index is 0.0375. The standard InChI is InChI=1S/C10H22N2OS/c1-4-8(2)12-10(13)9(3)14-7-5-6-11/h8-9H,4-7,11H2,1-3H3,(H,12,13). The molecule has 0 aromatic rings. The molecular weight excluding hydrogens is 196 g/mol. The summed E-state index contributed by atoms with van der Waals surface area (Å²) in [7, 11) is 0. The lowest BCUT2D eigenvalue weighted by Crippen LogP contribution is -2.37. The minimum Gasteiger partial charge on any atom is -0.353 e. The molecule has 0 saturated heterocycles. The van der Waals surface area contributed by atoms with E-state index in [2.05, 4.69) is 12.2 Å². The summed E-state index contributed by atoms with van der Waals surface area (Å²) in [5.74, 6) is 1.10. The van der Waals surface area contributed by atoms with Gasteiger partial charge in [0.15, 0.2) is 0 Å². The number of nitrogens with two attached hydrogens (primary N) is 1. The molecule has 0 fully saturated rings. The number of hydrogen-bond acceptors (Lipinski definition) is 3. The number of nitrogens with one attached hydrogen (secondary N) is 1. The molecule has 2 atom stereocenters. The van der Waals surface area contributed by atoms with E-state index in [1.807, 2.05) is 13.8 Å². The van der Waals surface area contributed by atoms with Gasteiger partial charge in [0.2, 0.25) is 5.91 Å². The molecule has 0 radical (unpaired) electrons. The number of amides is 1. The van der Waals surface area contributed by atoms with Crippen LogP contribution >= 0.6 is 11.8 Å². The average Bonchev–Trinajstić information content (AvgIpc) is 2.17. The van der Waals surface area contributed by atoms with Crippen LogP contribution in [0.5, 0.6) is 0 Å². The van der Waals surface area contributed by atoms with Crippen molar-refractivity contribution in [3.8, 4) is 0 Å². The van der Waals surface area contributed by atoms with Crippen LogP contribution in [-0.2, 0) is 4.79 Å². The normalized spacial score (nSPS) is 14.9. The number of thioether (sulfide) groups is 1. The highest BCUT2D eigenvalue weighted by atomic mass is 32.2. The fraction of sp³-hybridized carbons (Fsp3) is 0.900. The molecule has 0 aromatic carbocycles. The number of carbonyl (C=O) groups is 1. The van der Waals surface area contributed by atoms with E-state index in [9.17, 15) is 4.79 Å². The van der Waals surface area contributed by atoms with Gasteiger partial charge in [-0.05, 0) is 39.0 Å². The predicted octanol–water partition coefficient (Wildman–Crippen LogP) is 1.37. The monoisotopic (exact) mass is 218 g/mol. The highest BCUT2D eigenvalue weighted by molar-refractivity contribution is 8.00. The third-order valence-electron chi connectivity index (χ3n) is 2.09. The second-order valence-corrected chi connectivity index (χ2v) is 4.92. The van der Waals surface area contributed by atoms with Gasteiger partial charge in [-0.3, -0.25) is 4.79 Å². The van der Waals surface area contributed by atoms with Gasteiger partial charge in [-0.1, -0.05) is 6.92 Å². The minimum atomic E-state index is 0.0375. The van der Waals surface area contributed by atoms with Gasteiger partial charge in [-0.25, -0.2) is 0 Å². The molecule has 14 heavy (non-hydrogen) atoms. The molecule has 84 valence electrons. The number of hydrogen-bond donors (Lipinski definition) is 2. The molecule has 3 N–H and O–H groups in total. The molecule has 1 amide bonds. The summed E-state index contributed by atoms with van der Waals surface area (Å²) < 4.78 is 0. The van der Waals surface area contributed by atoms with Crippen LogP contribution in [0.25, 0.3) is 0 Å². The quantitative estimate of drug-likeness (QED) is 0.635. The van der Waals surface area contributed by atoms with Crippen LogP contribution < -0.4 is 11.1 Å². The van der Waals surface area contributed by atoms with E-state index < -0.39 is 0 Å². The van der Waals surface area contributed by atoms with Crippen LogP contribution in [0.4, 0.5) is 0 Å². The van der Waals surface area contributed by atoms with Crippen LogP contribution in [-0.4, -0.2) is 29.5 Å². The summed E-state index contributed by atoms with van der Waals surface area (Å²) in [6.45, 7) is 6.73. The fourth-order valence-corrected chi connectivity index (χ4v) is 1.79. The lowest BCUT2D eigenvalue weighted by Gasteiger charge is -2.15. The second kappa shape index (κ2) is 8.12. The Labute approximate surface area is 91.2 Å². The topological polar surface area (TPSA) is 55.1 Å². The van der Waals surface area contributed by atoms with E-state index in [1.54, 1.807) is 11.8 Å². The van der Waals surface area contributed by atoms with E-state index in [1.165, 1.54) is 0 Å². The maximum absolute atomic E-state index is 11.5. The Balaban J connectivity index is 3.64. The first-order valence-corrected chi connectivity index (χ1v) is 6.28. The molecule has 0 saturated carbocycles. The maximum atomic E-state index is 11.5. The molecule has 2 unspecified atom stereocenters. The molecule has 0 aliphatic rings. The lowest BCUT2D eigenvalue weighted by atomic mass is 10.2. The van der Waals surface area contributed by atoms with Crippen LogP contribution in [0.15, 0.2) is 0 Å². The summed E-state index contributed by atoms with van der Waals surface area (Å²) in [5, 5.41) is 3.00. The van der Waals surface area contributed by atoms with Crippen molar-refractivity contribution < 1.29 is 4.79 Å². The summed E-state index contributed by atoms with van der Waals surface area (Å²) in [4.78, 5) is 11.5. The molecule has 0 spiro atoms. The van der Waals surface area contributed by atoms with Crippen LogP contribution in [0.3, 0.4) is 0 Å². The van der Waals surface area contributed by atoms with Crippen molar-refractivity contribution in [1.82, 2.24) is 5.32 Å². The van der Waals surface area contributed by atoms with Gasteiger partial charge >= 0.3 is 0 Å². The van der Waals surface area contributed by atoms with Crippen molar-refractivity contribution in [1.29, 1.82) is 0 Å². The molecule has 0 aliphatic heterocycles. The predicted molar refractivity (Wildman–Crippen MR) is 63.5 cm³/mol. The third-order valence-corrected chi connectivity index (χ3v) is 3.33. The Kier molecular flexibility index (Phi) is 7.99. The Hall–Kier alpha value is -0.220. The van der Waals surface area contributed by atoms with Gasteiger partial charge in [-0.15, -0.1) is 11.8 Å². The van der Waals surface area contributed by atoms with Gasteiger partial charge in [0.25, 0.3) is 0 Å². The maximum Gasteiger partial charge on any atom is 0.233 e. The SMILES string of the molecule is CCC(C)NC(=O)C(C)SCCCN. The molecule has 0 aliphatic carbocycles. The fourth-order valence-electron chi connectivity index (χ4n) is 0.881. The first-order chi connectivity index (χ1) is 6.61. The van der Waals surface area contributed by atoms with E-state index in [0.29, 0.717) is 6.54 Å². The summed E-state index contributed by atoms with van der Waals surface area (Å²) in [5.41, 5.74) is 5.38. The van der Waals surface area contributed by atoms with Gasteiger partial charge in [0.1, 0.15) is 0 Å². The first-order valence-electron chi connectivity index (χ1n) is 5.23.